The number of nitrogens with zero attached hydrogens (tertiary/aromatic N) is 1. The number of rotatable bonds is 1. The van der Waals surface area contributed by atoms with Crippen LogP contribution in [0.25, 0.3) is 0 Å². The van der Waals surface area contributed by atoms with Gasteiger partial charge in [-0.3, -0.25) is 0 Å². The monoisotopic (exact) mass is 187 g/mol. The Kier molecular flexibility index (Phi) is 2.84. The van der Waals surface area contributed by atoms with Gasteiger partial charge < -0.3 is 15.2 Å². The summed E-state index contributed by atoms with van der Waals surface area (Å²) in [7, 11) is 0. The lowest BCUT2D eigenvalue weighted by Gasteiger charge is -2.30. The van der Waals surface area contributed by atoms with Crippen LogP contribution < -0.4 is 11.2 Å². The van der Waals surface area contributed by atoms with Crippen LogP contribution in [0.4, 0.5) is 4.79 Å². The summed E-state index contributed by atoms with van der Waals surface area (Å²) in [4.78, 5) is 10.3. The minimum atomic E-state index is -0.697. The molecule has 0 unspecified atom stereocenters. The Hall–Kier alpha value is -1.14. The van der Waals surface area contributed by atoms with Crippen molar-refractivity contribution in [1.82, 2.24) is 5.43 Å². The molecule has 74 valence electrons. The topological polar surface area (TPSA) is 85.9 Å². The SMILES string of the molecule is CC1(C)OCC(=NNC(N)=O)CO1. The van der Waals surface area contributed by atoms with Crippen LogP contribution in [0.5, 0.6) is 0 Å². The predicted octanol–water partition coefficient (Wildman–Crippen LogP) is -0.206. The molecule has 3 N–H and O–H groups in total. The Morgan fingerprint density at radius 3 is 2.54 bits per heavy atom. The average molecular weight is 187 g/mol. The molecule has 1 saturated heterocycles. The highest BCUT2D eigenvalue weighted by molar-refractivity contribution is 5.88. The van der Waals surface area contributed by atoms with Gasteiger partial charge in [0, 0.05) is 0 Å². The van der Waals surface area contributed by atoms with Crippen LogP contribution in [0.1, 0.15) is 13.8 Å². The fourth-order valence-corrected chi connectivity index (χ4v) is 0.796. The van der Waals surface area contributed by atoms with Gasteiger partial charge in [0.15, 0.2) is 5.79 Å². The molecule has 0 aromatic heterocycles. The molecule has 6 heteroatoms. The molecule has 0 aromatic carbocycles. The average Bonchev–Trinajstić information content (AvgIpc) is 2.02. The summed E-state index contributed by atoms with van der Waals surface area (Å²) in [5.74, 6) is -0.578. The van der Waals surface area contributed by atoms with Crippen molar-refractivity contribution in [2.24, 2.45) is 10.8 Å². The maximum Gasteiger partial charge on any atom is 0.332 e. The summed E-state index contributed by atoms with van der Waals surface area (Å²) >= 11 is 0. The minimum absolute atomic E-state index is 0.341. The molecule has 13 heavy (non-hydrogen) atoms. The van der Waals surface area contributed by atoms with Gasteiger partial charge in [0.2, 0.25) is 0 Å². The van der Waals surface area contributed by atoms with Crippen LogP contribution in [-0.4, -0.2) is 30.7 Å². The lowest BCUT2D eigenvalue weighted by molar-refractivity contribution is -0.210. The van der Waals surface area contributed by atoms with Crippen molar-refractivity contribution in [3.05, 3.63) is 0 Å². The number of primary amides is 1. The van der Waals surface area contributed by atoms with Gasteiger partial charge in [-0.15, -0.1) is 0 Å². The van der Waals surface area contributed by atoms with E-state index in [0.717, 1.165) is 0 Å². The molecule has 0 radical (unpaired) electrons. The summed E-state index contributed by atoms with van der Waals surface area (Å²) in [6.07, 6.45) is 0. The predicted molar refractivity (Wildman–Crippen MR) is 46.1 cm³/mol. The first-order chi connectivity index (χ1) is 5.99. The highest BCUT2D eigenvalue weighted by Crippen LogP contribution is 2.15. The number of urea groups is 1. The van der Waals surface area contributed by atoms with E-state index in [4.69, 9.17) is 15.2 Å². The fraction of sp³-hybridized carbons (Fsp3) is 0.714. The van der Waals surface area contributed by atoms with E-state index in [9.17, 15) is 4.79 Å². The van der Waals surface area contributed by atoms with Crippen molar-refractivity contribution in [1.29, 1.82) is 0 Å². The highest BCUT2D eigenvalue weighted by atomic mass is 16.7. The molecule has 1 aliphatic rings. The number of hydrogen-bond donors (Lipinski definition) is 2. The first-order valence-corrected chi connectivity index (χ1v) is 3.88. The molecule has 1 rings (SSSR count). The maximum absolute atomic E-state index is 10.3. The van der Waals surface area contributed by atoms with Crippen LogP contribution in [0.3, 0.4) is 0 Å². The molecule has 1 fully saturated rings. The number of nitrogens with one attached hydrogen (secondary N) is 1. The molecule has 0 bridgehead atoms. The lowest BCUT2D eigenvalue weighted by Crippen LogP contribution is -2.40. The largest absolute Gasteiger partial charge is 0.350 e. The van der Waals surface area contributed by atoms with Crippen molar-refractivity contribution in [2.75, 3.05) is 13.2 Å². The molecule has 0 saturated carbocycles. The molecule has 6 nitrogen and oxygen atoms in total. The number of hydrogen-bond acceptors (Lipinski definition) is 4. The van der Waals surface area contributed by atoms with Crippen LogP contribution in [0.15, 0.2) is 5.10 Å². The fourth-order valence-electron chi connectivity index (χ4n) is 0.796. The van der Waals surface area contributed by atoms with Crippen molar-refractivity contribution in [3.8, 4) is 0 Å². The molecule has 0 atom stereocenters. The summed E-state index contributed by atoms with van der Waals surface area (Å²) < 4.78 is 10.5. The van der Waals surface area contributed by atoms with Gasteiger partial charge >= 0.3 is 6.03 Å². The Balaban J connectivity index is 2.40. The van der Waals surface area contributed by atoms with Crippen LogP contribution in [0.2, 0.25) is 0 Å². The standard InChI is InChI=1S/C7H13N3O3/c1-7(2)12-3-5(4-13-7)9-10-6(8)11/h3-4H2,1-2H3,(H3,8,10,11). The second-order valence-electron chi connectivity index (χ2n) is 3.13. The Bertz CT molecular complexity index is 225. The van der Waals surface area contributed by atoms with E-state index < -0.39 is 11.8 Å². The Morgan fingerprint density at radius 2 is 2.08 bits per heavy atom. The number of ether oxygens (including phenoxy) is 2. The van der Waals surface area contributed by atoms with Gasteiger partial charge in [-0.1, -0.05) is 0 Å². The quantitative estimate of drug-likeness (QED) is 0.557. The van der Waals surface area contributed by atoms with Crippen LogP contribution in [-0.2, 0) is 9.47 Å². The summed E-state index contributed by atoms with van der Waals surface area (Å²) in [6, 6.07) is -0.697. The van der Waals surface area contributed by atoms with E-state index in [1.165, 1.54) is 0 Å². The van der Waals surface area contributed by atoms with Crippen molar-refractivity contribution >= 4 is 11.7 Å². The molecule has 1 heterocycles. The minimum Gasteiger partial charge on any atom is -0.350 e. The molecular weight excluding hydrogens is 174 g/mol. The molecule has 0 spiro atoms. The lowest BCUT2D eigenvalue weighted by atomic mass is 10.3. The second kappa shape index (κ2) is 3.71. The highest BCUT2D eigenvalue weighted by Gasteiger charge is 2.25. The first kappa shape index (κ1) is 9.94. The maximum atomic E-state index is 10.3. The Labute approximate surface area is 76.1 Å². The van der Waals surface area contributed by atoms with E-state index in [1.54, 1.807) is 0 Å². The zero-order valence-corrected chi connectivity index (χ0v) is 7.66. The van der Waals surface area contributed by atoms with Crippen molar-refractivity contribution in [3.63, 3.8) is 0 Å². The van der Waals surface area contributed by atoms with E-state index in [-0.39, 0.29) is 0 Å². The zero-order chi connectivity index (χ0) is 9.90. The van der Waals surface area contributed by atoms with Gasteiger partial charge in [0.1, 0.15) is 0 Å². The van der Waals surface area contributed by atoms with E-state index in [0.29, 0.717) is 18.9 Å². The molecule has 2 amide bonds. The molecular formula is C7H13N3O3. The van der Waals surface area contributed by atoms with E-state index in [2.05, 4.69) is 10.5 Å². The number of amides is 2. The van der Waals surface area contributed by atoms with Gasteiger partial charge in [0.05, 0.1) is 18.9 Å². The smallest absolute Gasteiger partial charge is 0.332 e. The summed E-state index contributed by atoms with van der Waals surface area (Å²) in [6.45, 7) is 4.30. The van der Waals surface area contributed by atoms with Gasteiger partial charge in [-0.05, 0) is 13.8 Å². The molecule has 0 aromatic rings. The van der Waals surface area contributed by atoms with Crippen LogP contribution >= 0.6 is 0 Å². The number of hydrazone groups is 1. The molecule has 0 aliphatic carbocycles. The first-order valence-electron chi connectivity index (χ1n) is 3.88. The van der Waals surface area contributed by atoms with Gasteiger partial charge in [-0.2, -0.15) is 5.10 Å². The van der Waals surface area contributed by atoms with Gasteiger partial charge in [-0.25, -0.2) is 10.2 Å². The zero-order valence-electron chi connectivity index (χ0n) is 7.66. The number of nitrogens with two attached hydrogens (primary N) is 1. The Morgan fingerprint density at radius 1 is 1.54 bits per heavy atom. The van der Waals surface area contributed by atoms with Crippen LogP contribution in [0, 0.1) is 0 Å². The third kappa shape index (κ3) is 3.39. The number of carbonyl (C=O) groups is 1. The van der Waals surface area contributed by atoms with Crippen molar-refractivity contribution < 1.29 is 14.3 Å². The van der Waals surface area contributed by atoms with E-state index in [1.807, 2.05) is 13.8 Å². The van der Waals surface area contributed by atoms with Crippen molar-refractivity contribution in [2.45, 2.75) is 19.6 Å². The summed E-state index contributed by atoms with van der Waals surface area (Å²) in [5, 5.41) is 3.69. The van der Waals surface area contributed by atoms with Gasteiger partial charge in [0.25, 0.3) is 0 Å². The third-order valence-corrected chi connectivity index (χ3v) is 1.50. The molecule has 1 aliphatic heterocycles. The number of carbonyl (C=O) groups excluding carboxylic acids is 1. The third-order valence-electron chi connectivity index (χ3n) is 1.50. The second-order valence-corrected chi connectivity index (χ2v) is 3.13. The summed E-state index contributed by atoms with van der Waals surface area (Å²) in [5.41, 5.74) is 7.54. The normalized spacial score (nSPS) is 20.9. The van der Waals surface area contributed by atoms with E-state index >= 15 is 0 Å².